The lowest BCUT2D eigenvalue weighted by Crippen LogP contribution is -2.54. The van der Waals surface area contributed by atoms with Crippen LogP contribution in [0.5, 0.6) is 0 Å². The number of fused-ring (bicyclic) bond motifs is 1. The normalized spacial score (nSPS) is 16.1. The van der Waals surface area contributed by atoms with Crippen molar-refractivity contribution < 1.29 is 23.7 Å². The molecule has 1 fully saturated rings. The number of hydrogen-bond donors (Lipinski definition) is 2. The van der Waals surface area contributed by atoms with Crippen LogP contribution in [0.25, 0.3) is 11.1 Å². The van der Waals surface area contributed by atoms with Gasteiger partial charge in [0.1, 0.15) is 11.8 Å². The molecule has 2 aliphatic heterocycles. The van der Waals surface area contributed by atoms with E-state index in [1.807, 2.05) is 13.8 Å². The third kappa shape index (κ3) is 7.41. The van der Waals surface area contributed by atoms with Crippen LogP contribution in [0.2, 0.25) is 0 Å². The number of amides is 4. The summed E-state index contributed by atoms with van der Waals surface area (Å²) in [5, 5.41) is 18.9. The fraction of sp³-hybridized carbons (Fsp3) is 0.350. The molecule has 11 heteroatoms. The molecule has 4 amide bonds. The number of carbonyl (C=O) groups is 4. The number of nitrogens with zero attached hydrogens (tertiary/aromatic N) is 4. The van der Waals surface area contributed by atoms with Gasteiger partial charge in [0.15, 0.2) is 0 Å². The highest BCUT2D eigenvalue weighted by Crippen LogP contribution is 2.36. The maximum atomic E-state index is 13.2. The highest BCUT2D eigenvalue weighted by atomic mass is 16.5. The summed E-state index contributed by atoms with van der Waals surface area (Å²) < 4.78 is 5.48. The molecule has 262 valence electrons. The van der Waals surface area contributed by atoms with Crippen molar-refractivity contribution in [3.63, 3.8) is 0 Å². The minimum atomic E-state index is -0.990. The van der Waals surface area contributed by atoms with Crippen LogP contribution in [0.15, 0.2) is 65.2 Å². The minimum Gasteiger partial charge on any atom is -0.385 e. The first kappa shape index (κ1) is 35.1. The van der Waals surface area contributed by atoms with Gasteiger partial charge in [-0.1, -0.05) is 36.3 Å². The average Bonchev–Trinajstić information content (AvgIpc) is 3.58. The molecular formula is C40H42N6O5. The smallest absolute Gasteiger partial charge is 0.262 e. The number of benzene rings is 3. The van der Waals surface area contributed by atoms with E-state index in [1.165, 1.54) is 0 Å². The van der Waals surface area contributed by atoms with Crippen molar-refractivity contribution in [2.24, 2.45) is 5.92 Å². The van der Waals surface area contributed by atoms with Crippen molar-refractivity contribution in [3.8, 4) is 17.2 Å². The van der Waals surface area contributed by atoms with Crippen LogP contribution >= 0.6 is 0 Å². The first-order valence-corrected chi connectivity index (χ1v) is 17.4. The van der Waals surface area contributed by atoms with Crippen LogP contribution in [-0.4, -0.2) is 52.8 Å². The summed E-state index contributed by atoms with van der Waals surface area (Å²) in [4.78, 5) is 53.6. The Hall–Kier alpha value is -5.76. The number of rotatable bonds is 13. The fourth-order valence-electron chi connectivity index (χ4n) is 6.92. The van der Waals surface area contributed by atoms with Crippen LogP contribution in [0.3, 0.4) is 0 Å². The number of carbonyl (C=O) groups excluding carboxylic acids is 4. The number of anilines is 3. The van der Waals surface area contributed by atoms with Gasteiger partial charge in [0, 0.05) is 48.6 Å². The molecule has 2 unspecified atom stereocenters. The average molecular weight is 687 g/mol. The first-order valence-electron chi connectivity index (χ1n) is 17.4. The summed E-state index contributed by atoms with van der Waals surface area (Å²) in [6.45, 7) is 9.66. The van der Waals surface area contributed by atoms with Crippen molar-refractivity contribution in [1.29, 1.82) is 5.26 Å². The van der Waals surface area contributed by atoms with Crippen LogP contribution < -0.4 is 15.5 Å². The van der Waals surface area contributed by atoms with Crippen molar-refractivity contribution in [2.75, 3.05) is 23.3 Å². The van der Waals surface area contributed by atoms with Crippen LogP contribution in [0.4, 0.5) is 17.1 Å². The van der Waals surface area contributed by atoms with E-state index in [0.717, 1.165) is 75.1 Å². The molecule has 0 bridgehead atoms. The molecule has 3 aromatic carbocycles. The molecule has 2 N–H and O–H groups in total. The lowest BCUT2D eigenvalue weighted by molar-refractivity contribution is -0.136. The van der Waals surface area contributed by atoms with Gasteiger partial charge in [-0.05, 0) is 105 Å². The Morgan fingerprint density at radius 2 is 1.76 bits per heavy atom. The van der Waals surface area contributed by atoms with E-state index in [4.69, 9.17) is 9.78 Å². The highest BCUT2D eigenvalue weighted by Gasteiger charge is 2.44. The molecule has 0 aliphatic carbocycles. The zero-order valence-corrected chi connectivity index (χ0v) is 29.4. The monoisotopic (exact) mass is 686 g/mol. The molecule has 51 heavy (non-hydrogen) atoms. The summed E-state index contributed by atoms with van der Waals surface area (Å²) in [5.74, 6) is -0.931. The third-order valence-corrected chi connectivity index (χ3v) is 9.85. The second-order valence-electron chi connectivity index (χ2n) is 13.5. The van der Waals surface area contributed by atoms with Crippen molar-refractivity contribution >= 4 is 40.7 Å². The lowest BCUT2D eigenvalue weighted by Gasteiger charge is -2.29. The molecule has 11 nitrogen and oxygen atoms in total. The summed E-state index contributed by atoms with van der Waals surface area (Å²) in [6, 6.07) is 21.2. The van der Waals surface area contributed by atoms with Gasteiger partial charge in [-0.15, -0.1) is 0 Å². The highest BCUT2D eigenvalue weighted by molar-refractivity contribution is 6.23. The van der Waals surface area contributed by atoms with E-state index in [0.29, 0.717) is 25.3 Å². The molecular weight excluding hydrogens is 644 g/mol. The van der Waals surface area contributed by atoms with Crippen molar-refractivity contribution in [2.45, 2.75) is 72.3 Å². The summed E-state index contributed by atoms with van der Waals surface area (Å²) in [5.41, 5.74) is 8.59. The van der Waals surface area contributed by atoms with E-state index in [-0.39, 0.29) is 24.0 Å². The van der Waals surface area contributed by atoms with E-state index < -0.39 is 29.7 Å². The first-order chi connectivity index (χ1) is 24.5. The standard InChI is InChI=1S/C40H42N6O5/c1-24(17-20-42-30-11-14-32-33(23-30)40(50)46(39(32)49)34-15-16-36(47)43-38(34)48)18-21-45(31-12-8-28(9-13-31)6-5-19-41)35-22-29(10-7-25(35)2)37-26(3)44-51-27(37)4/h7-14,22-24,34,42H,5-6,15-18,20-21H2,1-4H3,(H,43,47,48). The maximum Gasteiger partial charge on any atom is 0.262 e. The number of nitriles is 1. The zero-order valence-electron chi connectivity index (χ0n) is 29.4. The van der Waals surface area contributed by atoms with Gasteiger partial charge in [-0.3, -0.25) is 29.4 Å². The van der Waals surface area contributed by atoms with Crippen molar-refractivity contribution in [1.82, 2.24) is 15.4 Å². The topological polar surface area (TPSA) is 149 Å². The molecule has 0 saturated carbocycles. The van der Waals surface area contributed by atoms with Gasteiger partial charge in [-0.25, -0.2) is 0 Å². The number of imide groups is 2. The maximum absolute atomic E-state index is 13.2. The molecule has 2 atom stereocenters. The summed E-state index contributed by atoms with van der Waals surface area (Å²) in [6.07, 6.45) is 3.17. The molecule has 0 radical (unpaired) electrons. The number of aromatic nitrogens is 1. The Bertz CT molecular complexity index is 2010. The van der Waals surface area contributed by atoms with Gasteiger partial charge in [0.05, 0.1) is 22.9 Å². The molecule has 6 rings (SSSR count). The Labute approximate surface area is 297 Å². The third-order valence-electron chi connectivity index (χ3n) is 9.85. The predicted molar refractivity (Wildman–Crippen MR) is 194 cm³/mol. The lowest BCUT2D eigenvalue weighted by atomic mass is 9.99. The minimum absolute atomic E-state index is 0.0799. The van der Waals surface area contributed by atoms with Crippen LogP contribution in [0, 0.1) is 38.0 Å². The zero-order chi connectivity index (χ0) is 36.2. The van der Waals surface area contributed by atoms with Crippen molar-refractivity contribution in [3.05, 3.63) is 94.4 Å². The number of aryl methyl sites for hydroxylation is 4. The number of hydrogen-bond acceptors (Lipinski definition) is 9. The Morgan fingerprint density at radius 3 is 2.47 bits per heavy atom. The largest absolute Gasteiger partial charge is 0.385 e. The summed E-state index contributed by atoms with van der Waals surface area (Å²) in [7, 11) is 0. The number of piperidine rings is 1. The molecule has 3 heterocycles. The van der Waals surface area contributed by atoms with Crippen LogP contribution in [0.1, 0.15) is 82.3 Å². The number of nitrogens with one attached hydrogen (secondary N) is 2. The van der Waals surface area contributed by atoms with E-state index in [1.54, 1.807) is 18.2 Å². The van der Waals surface area contributed by atoms with E-state index in [9.17, 15) is 19.2 Å². The molecule has 2 aliphatic rings. The van der Waals surface area contributed by atoms with E-state index in [2.05, 4.69) is 83.1 Å². The van der Waals surface area contributed by atoms with Gasteiger partial charge in [-0.2, -0.15) is 5.26 Å². The Morgan fingerprint density at radius 1 is 1.00 bits per heavy atom. The Kier molecular flexibility index (Phi) is 10.3. The fourth-order valence-corrected chi connectivity index (χ4v) is 6.92. The summed E-state index contributed by atoms with van der Waals surface area (Å²) >= 11 is 0. The Balaban J connectivity index is 1.13. The van der Waals surface area contributed by atoms with E-state index >= 15 is 0 Å². The van der Waals surface area contributed by atoms with Gasteiger partial charge in [0.25, 0.3) is 11.8 Å². The second kappa shape index (κ2) is 15.0. The predicted octanol–water partition coefficient (Wildman–Crippen LogP) is 6.79. The van der Waals surface area contributed by atoms with Gasteiger partial charge < -0.3 is 14.7 Å². The SMILES string of the molecule is Cc1ccc(-c2c(C)noc2C)cc1N(CCC(C)CCNc1ccc2c(c1)C(=O)N(C1CCC(=O)NC1=O)C2=O)c1ccc(CCC#N)cc1. The molecule has 0 spiro atoms. The second-order valence-corrected chi connectivity index (χ2v) is 13.5. The molecule has 1 saturated heterocycles. The molecule has 1 aromatic heterocycles. The quantitative estimate of drug-likeness (QED) is 0.145. The van der Waals surface area contributed by atoms with Crippen LogP contribution in [-0.2, 0) is 16.0 Å². The molecule has 4 aromatic rings. The van der Waals surface area contributed by atoms with Gasteiger partial charge in [0.2, 0.25) is 11.8 Å². The van der Waals surface area contributed by atoms with Gasteiger partial charge >= 0.3 is 0 Å².